The molecule has 33 heavy (non-hydrogen) atoms. The van der Waals surface area contributed by atoms with Crippen molar-refractivity contribution in [2.45, 2.75) is 24.2 Å². The van der Waals surface area contributed by atoms with Gasteiger partial charge in [0.1, 0.15) is 5.82 Å². The molecule has 174 valence electrons. The first-order valence-corrected chi connectivity index (χ1v) is 12.6. The molecule has 2 saturated heterocycles. The third kappa shape index (κ3) is 4.08. The van der Waals surface area contributed by atoms with E-state index in [0.29, 0.717) is 42.8 Å². The van der Waals surface area contributed by atoms with E-state index < -0.39 is 10.0 Å². The Bertz CT molecular complexity index is 1280. The van der Waals surface area contributed by atoms with Crippen molar-refractivity contribution in [3.8, 4) is 0 Å². The summed E-state index contributed by atoms with van der Waals surface area (Å²) in [6, 6.07) is 11.0. The van der Waals surface area contributed by atoms with Gasteiger partial charge in [-0.2, -0.15) is 4.31 Å². The summed E-state index contributed by atoms with van der Waals surface area (Å²) < 4.78 is 47.5. The second-order valence-corrected chi connectivity index (χ2v) is 10.3. The van der Waals surface area contributed by atoms with Crippen molar-refractivity contribution < 1.29 is 22.1 Å². The first-order chi connectivity index (χ1) is 15.9. The smallest absolute Gasteiger partial charge is 0.276 e. The van der Waals surface area contributed by atoms with Gasteiger partial charge in [0.2, 0.25) is 10.0 Å². The van der Waals surface area contributed by atoms with E-state index >= 15 is 0 Å². The van der Waals surface area contributed by atoms with Crippen LogP contribution in [0, 0.1) is 5.82 Å². The molecule has 1 aromatic heterocycles. The molecular formula is C23H25FN4O4S. The lowest BCUT2D eigenvalue weighted by atomic mass is 10.1. The number of hydrogen-bond acceptors (Lipinski definition) is 6. The summed E-state index contributed by atoms with van der Waals surface area (Å²) in [5.74, 6) is -0.556. The molecule has 2 aromatic carbocycles. The number of hydrogen-bond donors (Lipinski definition) is 0. The van der Waals surface area contributed by atoms with E-state index in [1.165, 1.54) is 28.6 Å². The molecule has 0 unspecified atom stereocenters. The third-order valence-corrected chi connectivity index (χ3v) is 8.25. The fourth-order valence-electron chi connectivity index (χ4n) is 4.51. The number of fused-ring (bicyclic) bond motifs is 1. The Kier molecular flexibility index (Phi) is 5.79. The lowest BCUT2D eigenvalue weighted by molar-refractivity contribution is 0.0715. The Morgan fingerprint density at radius 3 is 2.39 bits per heavy atom. The van der Waals surface area contributed by atoms with E-state index in [9.17, 15) is 17.6 Å². The van der Waals surface area contributed by atoms with Crippen LogP contribution in [0.4, 0.5) is 10.1 Å². The molecule has 0 bridgehead atoms. The molecule has 2 fully saturated rings. The van der Waals surface area contributed by atoms with Gasteiger partial charge in [-0.3, -0.25) is 4.79 Å². The number of aromatic nitrogens is 1. The van der Waals surface area contributed by atoms with E-state index in [2.05, 4.69) is 5.16 Å². The Morgan fingerprint density at radius 1 is 0.939 bits per heavy atom. The van der Waals surface area contributed by atoms with Crippen LogP contribution in [0.15, 0.2) is 51.9 Å². The zero-order valence-corrected chi connectivity index (χ0v) is 18.9. The van der Waals surface area contributed by atoms with E-state index in [-0.39, 0.29) is 35.4 Å². The van der Waals surface area contributed by atoms with Crippen LogP contribution in [0.25, 0.3) is 11.0 Å². The minimum absolute atomic E-state index is 0.0882. The molecular weight excluding hydrogens is 447 g/mol. The van der Waals surface area contributed by atoms with Crippen LogP contribution in [0.1, 0.15) is 29.8 Å². The molecule has 0 aliphatic carbocycles. The largest absolute Gasteiger partial charge is 0.367 e. The van der Waals surface area contributed by atoms with E-state index in [1.54, 1.807) is 23.1 Å². The lowest BCUT2D eigenvalue weighted by Crippen LogP contribution is -2.48. The van der Waals surface area contributed by atoms with E-state index in [0.717, 1.165) is 19.3 Å². The Morgan fingerprint density at radius 2 is 1.67 bits per heavy atom. The van der Waals surface area contributed by atoms with E-state index in [4.69, 9.17) is 4.52 Å². The molecule has 0 spiro atoms. The van der Waals surface area contributed by atoms with Crippen LogP contribution in [0.2, 0.25) is 0 Å². The summed E-state index contributed by atoms with van der Waals surface area (Å²) in [7, 11) is -3.80. The maximum atomic E-state index is 14.1. The molecule has 2 aliphatic heterocycles. The van der Waals surface area contributed by atoms with Crippen molar-refractivity contribution >= 4 is 32.6 Å². The second-order valence-electron chi connectivity index (χ2n) is 8.38. The zero-order valence-electron chi connectivity index (χ0n) is 18.1. The van der Waals surface area contributed by atoms with Crippen LogP contribution in [0.3, 0.4) is 0 Å². The minimum atomic E-state index is -3.80. The predicted octanol–water partition coefficient (Wildman–Crippen LogP) is 3.10. The van der Waals surface area contributed by atoms with Crippen molar-refractivity contribution in [1.82, 2.24) is 14.4 Å². The molecule has 0 saturated carbocycles. The molecule has 10 heteroatoms. The summed E-state index contributed by atoms with van der Waals surface area (Å²) in [6.45, 7) is 2.56. The predicted molar refractivity (Wildman–Crippen MR) is 121 cm³/mol. The maximum Gasteiger partial charge on any atom is 0.276 e. The number of carbonyl (C=O) groups is 1. The topological polar surface area (TPSA) is 87.0 Å². The highest BCUT2D eigenvalue weighted by atomic mass is 32.2. The van der Waals surface area contributed by atoms with Gasteiger partial charge < -0.3 is 14.3 Å². The highest BCUT2D eigenvalue weighted by Gasteiger charge is 2.31. The van der Waals surface area contributed by atoms with Gasteiger partial charge >= 0.3 is 0 Å². The average Bonchev–Trinajstić information content (AvgIpc) is 3.28. The molecule has 1 amide bonds. The third-order valence-electron chi connectivity index (χ3n) is 6.36. The summed E-state index contributed by atoms with van der Waals surface area (Å²) >= 11 is 0. The number of piperazine rings is 1. The normalized spacial score (nSPS) is 18.1. The van der Waals surface area contributed by atoms with Gasteiger partial charge in [-0.15, -0.1) is 0 Å². The van der Waals surface area contributed by atoms with Gasteiger partial charge in [0.05, 0.1) is 16.0 Å². The molecule has 0 radical (unpaired) electrons. The number of para-hydroxylation sites is 1. The monoisotopic (exact) mass is 472 g/mol. The average molecular weight is 473 g/mol. The Balaban J connectivity index is 1.37. The van der Waals surface area contributed by atoms with Crippen LogP contribution in [-0.4, -0.2) is 68.0 Å². The SMILES string of the molecule is O=C(c1noc2ccc(S(=O)(=O)N3CCN(c4ccccc4F)CC3)cc12)N1CCCCC1. The van der Waals surface area contributed by atoms with Gasteiger partial charge in [0, 0.05) is 39.3 Å². The van der Waals surface area contributed by atoms with Crippen molar-refractivity contribution in [2.24, 2.45) is 0 Å². The number of amides is 1. The fraction of sp³-hybridized carbons (Fsp3) is 0.391. The Hall–Kier alpha value is -2.98. The number of likely N-dealkylation sites (tertiary alicyclic amines) is 1. The van der Waals surface area contributed by atoms with Crippen LogP contribution >= 0.6 is 0 Å². The highest BCUT2D eigenvalue weighted by Crippen LogP contribution is 2.28. The van der Waals surface area contributed by atoms with Crippen LogP contribution in [-0.2, 0) is 10.0 Å². The molecule has 3 aromatic rings. The van der Waals surface area contributed by atoms with Crippen molar-refractivity contribution in [1.29, 1.82) is 0 Å². The van der Waals surface area contributed by atoms with Gasteiger partial charge in [-0.1, -0.05) is 17.3 Å². The molecule has 8 nitrogen and oxygen atoms in total. The molecule has 0 atom stereocenters. The highest BCUT2D eigenvalue weighted by molar-refractivity contribution is 7.89. The number of nitrogens with zero attached hydrogens (tertiary/aromatic N) is 4. The summed E-state index contributed by atoms with van der Waals surface area (Å²) in [5, 5.41) is 4.34. The lowest BCUT2D eigenvalue weighted by Gasteiger charge is -2.35. The van der Waals surface area contributed by atoms with Gasteiger partial charge in [0.15, 0.2) is 11.3 Å². The quantitative estimate of drug-likeness (QED) is 0.580. The first kappa shape index (κ1) is 21.8. The number of sulfonamides is 1. The number of halogens is 1. The molecule has 5 rings (SSSR count). The second kappa shape index (κ2) is 8.75. The fourth-order valence-corrected chi connectivity index (χ4v) is 5.95. The number of piperidine rings is 1. The summed E-state index contributed by atoms with van der Waals surface area (Å²) in [6.07, 6.45) is 2.98. The van der Waals surface area contributed by atoms with E-state index in [1.807, 2.05) is 4.90 Å². The van der Waals surface area contributed by atoms with Gasteiger partial charge in [-0.25, -0.2) is 12.8 Å². The zero-order chi connectivity index (χ0) is 23.0. The van der Waals surface area contributed by atoms with Crippen LogP contribution in [0.5, 0.6) is 0 Å². The first-order valence-electron chi connectivity index (χ1n) is 11.1. The van der Waals surface area contributed by atoms with Crippen LogP contribution < -0.4 is 4.90 Å². The summed E-state index contributed by atoms with van der Waals surface area (Å²) in [4.78, 5) is 16.6. The number of benzene rings is 2. The summed E-state index contributed by atoms with van der Waals surface area (Å²) in [5.41, 5.74) is 0.994. The molecule has 0 N–H and O–H groups in total. The van der Waals surface area contributed by atoms with Crippen molar-refractivity contribution in [2.75, 3.05) is 44.2 Å². The van der Waals surface area contributed by atoms with Gasteiger partial charge in [0.25, 0.3) is 5.91 Å². The molecule has 2 aliphatic rings. The van der Waals surface area contributed by atoms with Crippen molar-refractivity contribution in [3.63, 3.8) is 0 Å². The standard InChI is InChI=1S/C23H25FN4O4S/c24-19-6-2-3-7-20(19)26-12-14-28(15-13-26)33(30,31)17-8-9-21-18(16-17)22(25-32-21)23(29)27-10-4-1-5-11-27/h2-3,6-9,16H,1,4-5,10-15H2. The number of rotatable bonds is 4. The number of carbonyl (C=O) groups excluding carboxylic acids is 1. The maximum absolute atomic E-state index is 14.1. The Labute approximate surface area is 191 Å². The minimum Gasteiger partial charge on any atom is -0.367 e. The van der Waals surface area contributed by atoms with Gasteiger partial charge in [-0.05, 0) is 49.6 Å². The number of anilines is 1. The molecule has 3 heterocycles. The van der Waals surface area contributed by atoms with Crippen molar-refractivity contribution in [3.05, 3.63) is 54.0 Å².